The van der Waals surface area contributed by atoms with Gasteiger partial charge in [-0.1, -0.05) is 24.5 Å². The monoisotopic (exact) mass is 435 g/mol. The Bertz CT molecular complexity index is 390. The number of allylic oxidation sites excluding steroid dienone is 1. The van der Waals surface area contributed by atoms with E-state index in [1.165, 1.54) is 44.9 Å². The summed E-state index contributed by atoms with van der Waals surface area (Å²) in [6.45, 7) is 2.86. The molecule has 1 fully saturated rings. The predicted octanol–water partition coefficient (Wildman–Crippen LogP) is 3.87. The number of guanidine groups is 1. The first kappa shape index (κ1) is 20.7. The highest BCUT2D eigenvalue weighted by molar-refractivity contribution is 14.0. The molecule has 0 aromatic heterocycles. The van der Waals surface area contributed by atoms with Crippen molar-refractivity contribution in [3.63, 3.8) is 0 Å². The molecule has 1 saturated carbocycles. The van der Waals surface area contributed by atoms with Crippen LogP contribution in [0.5, 0.6) is 0 Å². The smallest absolute Gasteiger partial charge is 0.191 e. The van der Waals surface area contributed by atoms with Gasteiger partial charge in [0.15, 0.2) is 5.96 Å². The van der Waals surface area contributed by atoms with Gasteiger partial charge in [-0.3, -0.25) is 4.99 Å². The molecule has 4 nitrogen and oxygen atoms in total. The van der Waals surface area contributed by atoms with Crippen molar-refractivity contribution < 1.29 is 4.74 Å². The van der Waals surface area contributed by atoms with Crippen LogP contribution in [0.25, 0.3) is 0 Å². The van der Waals surface area contributed by atoms with Gasteiger partial charge in [0.2, 0.25) is 0 Å². The van der Waals surface area contributed by atoms with Crippen molar-refractivity contribution in [2.75, 3.05) is 33.9 Å². The molecule has 0 heterocycles. The van der Waals surface area contributed by atoms with Crippen molar-refractivity contribution >= 4 is 29.9 Å². The van der Waals surface area contributed by atoms with Crippen LogP contribution in [0.2, 0.25) is 0 Å². The van der Waals surface area contributed by atoms with E-state index in [0.717, 1.165) is 38.5 Å². The molecule has 0 saturated heterocycles. The number of halogens is 1. The Morgan fingerprint density at radius 3 is 2.65 bits per heavy atom. The Morgan fingerprint density at radius 2 is 2.04 bits per heavy atom. The highest BCUT2D eigenvalue weighted by Gasteiger charge is 2.33. The second kappa shape index (κ2) is 11.3. The van der Waals surface area contributed by atoms with E-state index in [1.54, 1.807) is 12.7 Å². The van der Waals surface area contributed by atoms with Gasteiger partial charge in [-0.25, -0.2) is 0 Å². The summed E-state index contributed by atoms with van der Waals surface area (Å²) < 4.78 is 5.30. The molecule has 23 heavy (non-hydrogen) atoms. The predicted molar refractivity (Wildman–Crippen MR) is 109 cm³/mol. The summed E-state index contributed by atoms with van der Waals surface area (Å²) in [5, 5.41) is 7.01. The average molecular weight is 435 g/mol. The van der Waals surface area contributed by atoms with Crippen molar-refractivity contribution in [3.8, 4) is 0 Å². The van der Waals surface area contributed by atoms with Gasteiger partial charge in [0.1, 0.15) is 0 Å². The van der Waals surface area contributed by atoms with Crippen molar-refractivity contribution in [2.45, 2.75) is 57.8 Å². The second-order valence-corrected chi connectivity index (χ2v) is 6.81. The molecule has 0 bridgehead atoms. The van der Waals surface area contributed by atoms with E-state index < -0.39 is 0 Å². The van der Waals surface area contributed by atoms with E-state index in [9.17, 15) is 0 Å². The first-order valence-electron chi connectivity index (χ1n) is 8.89. The third-order valence-corrected chi connectivity index (χ3v) is 5.23. The molecular formula is C18H34IN3O. The van der Waals surface area contributed by atoms with E-state index in [2.05, 4.69) is 21.7 Å². The van der Waals surface area contributed by atoms with E-state index in [4.69, 9.17) is 4.74 Å². The molecule has 0 spiro atoms. The molecule has 5 heteroatoms. The minimum atomic E-state index is 0. The van der Waals surface area contributed by atoms with E-state index >= 15 is 0 Å². The maximum absolute atomic E-state index is 5.30. The highest BCUT2D eigenvalue weighted by Crippen LogP contribution is 2.40. The molecule has 0 atom stereocenters. The number of hydrogen-bond acceptors (Lipinski definition) is 2. The molecule has 2 aliphatic carbocycles. The molecular weight excluding hydrogens is 401 g/mol. The zero-order valence-corrected chi connectivity index (χ0v) is 17.2. The first-order valence-corrected chi connectivity index (χ1v) is 8.89. The lowest BCUT2D eigenvalue weighted by atomic mass is 9.83. The van der Waals surface area contributed by atoms with Gasteiger partial charge >= 0.3 is 0 Å². The van der Waals surface area contributed by atoms with Crippen LogP contribution in [-0.2, 0) is 4.74 Å². The fourth-order valence-electron chi connectivity index (χ4n) is 3.76. The summed E-state index contributed by atoms with van der Waals surface area (Å²) in [5.41, 5.74) is 2.01. The van der Waals surface area contributed by atoms with Crippen LogP contribution in [0.15, 0.2) is 16.6 Å². The zero-order chi connectivity index (χ0) is 15.7. The zero-order valence-electron chi connectivity index (χ0n) is 14.8. The normalized spacial score (nSPS) is 20.1. The van der Waals surface area contributed by atoms with Crippen LogP contribution in [0, 0.1) is 5.41 Å². The number of ether oxygens (including phenoxy) is 1. The number of nitrogens with zero attached hydrogens (tertiary/aromatic N) is 1. The molecule has 0 amide bonds. The van der Waals surface area contributed by atoms with Crippen molar-refractivity contribution in [1.29, 1.82) is 0 Å². The van der Waals surface area contributed by atoms with Gasteiger partial charge in [0.25, 0.3) is 0 Å². The fraction of sp³-hybridized carbons (Fsp3) is 0.833. The SMILES string of the molecule is CN=C(NCCC1=CCCC1)NCC1(CCOC)CCCC1.I. The minimum absolute atomic E-state index is 0. The van der Waals surface area contributed by atoms with Crippen LogP contribution < -0.4 is 10.6 Å². The summed E-state index contributed by atoms with van der Waals surface area (Å²) >= 11 is 0. The lowest BCUT2D eigenvalue weighted by Crippen LogP contribution is -2.43. The van der Waals surface area contributed by atoms with Crippen molar-refractivity contribution in [1.82, 2.24) is 10.6 Å². The molecule has 0 unspecified atom stereocenters. The third-order valence-electron chi connectivity index (χ3n) is 5.23. The summed E-state index contributed by atoms with van der Waals surface area (Å²) in [7, 11) is 3.66. The Labute approximate surface area is 158 Å². The van der Waals surface area contributed by atoms with E-state index in [-0.39, 0.29) is 24.0 Å². The molecule has 0 aromatic rings. The molecule has 0 aliphatic heterocycles. The Kier molecular flexibility index (Phi) is 10.2. The van der Waals surface area contributed by atoms with Gasteiger partial charge in [-0.15, -0.1) is 24.0 Å². The summed E-state index contributed by atoms with van der Waals surface area (Å²) in [6.07, 6.45) is 13.9. The van der Waals surface area contributed by atoms with Crippen LogP contribution in [0.4, 0.5) is 0 Å². The maximum atomic E-state index is 5.30. The minimum Gasteiger partial charge on any atom is -0.385 e. The fourth-order valence-corrected chi connectivity index (χ4v) is 3.76. The Balaban J connectivity index is 0.00000264. The average Bonchev–Trinajstić information content (AvgIpc) is 3.21. The summed E-state index contributed by atoms with van der Waals surface area (Å²) in [6, 6.07) is 0. The van der Waals surface area contributed by atoms with E-state index in [0.29, 0.717) is 5.41 Å². The van der Waals surface area contributed by atoms with Crippen molar-refractivity contribution in [2.24, 2.45) is 10.4 Å². The largest absolute Gasteiger partial charge is 0.385 e. The second-order valence-electron chi connectivity index (χ2n) is 6.81. The van der Waals surface area contributed by atoms with Crippen LogP contribution in [-0.4, -0.2) is 39.8 Å². The van der Waals surface area contributed by atoms with Crippen LogP contribution in [0.3, 0.4) is 0 Å². The number of nitrogens with one attached hydrogen (secondary N) is 2. The topological polar surface area (TPSA) is 45.7 Å². The maximum Gasteiger partial charge on any atom is 0.191 e. The molecule has 2 aliphatic rings. The standard InChI is InChI=1S/C18H33N3O.HI/c1-19-17(20-13-9-16-7-3-4-8-16)21-15-18(12-14-22-2)10-5-6-11-18;/h7H,3-6,8-15H2,1-2H3,(H2,19,20,21);1H. The number of rotatable bonds is 8. The van der Waals surface area contributed by atoms with Gasteiger partial charge in [-0.2, -0.15) is 0 Å². The van der Waals surface area contributed by atoms with Crippen molar-refractivity contribution in [3.05, 3.63) is 11.6 Å². The quantitative estimate of drug-likeness (QED) is 0.263. The van der Waals surface area contributed by atoms with Gasteiger partial charge < -0.3 is 15.4 Å². The van der Waals surface area contributed by atoms with E-state index in [1.807, 2.05) is 7.05 Å². The molecule has 0 aromatic carbocycles. The van der Waals surface area contributed by atoms with Gasteiger partial charge in [0, 0.05) is 33.9 Å². The highest BCUT2D eigenvalue weighted by atomic mass is 127. The third kappa shape index (κ3) is 6.99. The first-order chi connectivity index (χ1) is 10.8. The van der Waals surface area contributed by atoms with Gasteiger partial charge in [0.05, 0.1) is 0 Å². The lowest BCUT2D eigenvalue weighted by Gasteiger charge is -2.30. The molecule has 2 N–H and O–H groups in total. The molecule has 2 rings (SSSR count). The Hall–Kier alpha value is -0.300. The van der Waals surface area contributed by atoms with Crippen LogP contribution in [0.1, 0.15) is 57.8 Å². The summed E-state index contributed by atoms with van der Waals surface area (Å²) in [4.78, 5) is 4.37. The number of methoxy groups -OCH3 is 1. The Morgan fingerprint density at radius 1 is 1.26 bits per heavy atom. The number of aliphatic imine (C=N–C) groups is 1. The summed E-state index contributed by atoms with van der Waals surface area (Å²) in [5.74, 6) is 0.947. The number of hydrogen-bond donors (Lipinski definition) is 2. The van der Waals surface area contributed by atoms with Gasteiger partial charge in [-0.05, 0) is 50.4 Å². The lowest BCUT2D eigenvalue weighted by molar-refractivity contribution is 0.138. The van der Waals surface area contributed by atoms with Crippen LogP contribution >= 0.6 is 24.0 Å². The molecule has 134 valence electrons. The molecule has 0 radical (unpaired) electrons.